The fourth-order valence-electron chi connectivity index (χ4n) is 1.59. The van der Waals surface area contributed by atoms with Crippen LogP contribution in [0.5, 0.6) is 0 Å². The van der Waals surface area contributed by atoms with Crippen LogP contribution in [0.1, 0.15) is 45.4 Å². The highest BCUT2D eigenvalue weighted by atomic mass is 16.5. The van der Waals surface area contributed by atoms with Crippen LogP contribution in [0.2, 0.25) is 0 Å². The van der Waals surface area contributed by atoms with Gasteiger partial charge < -0.3 is 15.2 Å². The second-order valence-electron chi connectivity index (χ2n) is 4.43. The Morgan fingerprint density at radius 1 is 1.33 bits per heavy atom. The number of ether oxygens (including phenoxy) is 1. The highest BCUT2D eigenvalue weighted by molar-refractivity contribution is 4.84. The van der Waals surface area contributed by atoms with E-state index in [1.54, 1.807) is 0 Å². The first-order valence-electron chi connectivity index (χ1n) is 6.31. The maximum absolute atomic E-state index is 9.13. The summed E-state index contributed by atoms with van der Waals surface area (Å²) in [5.41, 5.74) is 0. The second-order valence-corrected chi connectivity index (χ2v) is 4.43. The number of nitrogens with one attached hydrogen (secondary N) is 1. The summed E-state index contributed by atoms with van der Waals surface area (Å²) in [4.78, 5) is 0. The summed E-state index contributed by atoms with van der Waals surface area (Å²) in [6.07, 6.45) is 7.13. The first-order valence-corrected chi connectivity index (χ1v) is 6.31. The molecule has 0 bridgehead atoms. The molecule has 0 saturated heterocycles. The molecule has 2 N–H and O–H groups in total. The van der Waals surface area contributed by atoms with E-state index in [0.29, 0.717) is 6.04 Å². The Labute approximate surface area is 93.2 Å². The van der Waals surface area contributed by atoms with E-state index in [4.69, 9.17) is 9.84 Å². The molecule has 1 aliphatic rings. The van der Waals surface area contributed by atoms with E-state index in [-0.39, 0.29) is 12.6 Å². The van der Waals surface area contributed by atoms with Crippen molar-refractivity contribution in [3.63, 3.8) is 0 Å². The van der Waals surface area contributed by atoms with Gasteiger partial charge >= 0.3 is 0 Å². The summed E-state index contributed by atoms with van der Waals surface area (Å²) in [5.74, 6) is 0. The van der Waals surface area contributed by atoms with E-state index in [1.807, 2.05) is 0 Å². The highest BCUT2D eigenvalue weighted by Gasteiger charge is 2.23. The molecule has 1 unspecified atom stereocenters. The molecule has 0 heterocycles. The lowest BCUT2D eigenvalue weighted by molar-refractivity contribution is 0.110. The van der Waals surface area contributed by atoms with Crippen molar-refractivity contribution in [2.45, 2.75) is 57.5 Å². The van der Waals surface area contributed by atoms with E-state index in [2.05, 4.69) is 12.2 Å². The van der Waals surface area contributed by atoms with E-state index in [9.17, 15) is 0 Å². The van der Waals surface area contributed by atoms with Gasteiger partial charge in [-0.05, 0) is 25.7 Å². The highest BCUT2D eigenvalue weighted by Crippen LogP contribution is 2.19. The Morgan fingerprint density at radius 3 is 2.73 bits per heavy atom. The molecule has 0 aliphatic heterocycles. The molecule has 1 aliphatic carbocycles. The molecule has 1 fully saturated rings. The van der Waals surface area contributed by atoms with Crippen molar-refractivity contribution in [1.82, 2.24) is 5.32 Å². The largest absolute Gasteiger partial charge is 0.395 e. The third-order valence-electron chi connectivity index (χ3n) is 2.77. The van der Waals surface area contributed by atoms with Crippen LogP contribution in [0, 0.1) is 0 Å². The van der Waals surface area contributed by atoms with E-state index >= 15 is 0 Å². The maximum atomic E-state index is 9.13. The summed E-state index contributed by atoms with van der Waals surface area (Å²) >= 11 is 0. The summed E-state index contributed by atoms with van der Waals surface area (Å²) in [6.45, 7) is 4.07. The number of hydrogen-bond donors (Lipinski definition) is 2. The van der Waals surface area contributed by atoms with Gasteiger partial charge in [0, 0.05) is 25.3 Å². The van der Waals surface area contributed by atoms with Gasteiger partial charge in [-0.3, -0.25) is 0 Å². The molecule has 0 aromatic carbocycles. The average molecular weight is 215 g/mol. The molecule has 0 radical (unpaired) electrons. The van der Waals surface area contributed by atoms with E-state index < -0.39 is 0 Å². The molecule has 1 saturated carbocycles. The smallest absolute Gasteiger partial charge is 0.0585 e. The molecule has 0 aromatic heterocycles. The lowest BCUT2D eigenvalue weighted by atomic mass is 10.2. The van der Waals surface area contributed by atoms with Crippen LogP contribution in [0.15, 0.2) is 0 Å². The van der Waals surface area contributed by atoms with Crippen LogP contribution in [0.3, 0.4) is 0 Å². The van der Waals surface area contributed by atoms with Crippen molar-refractivity contribution in [2.75, 3.05) is 19.8 Å². The molecule has 3 heteroatoms. The fraction of sp³-hybridized carbons (Fsp3) is 1.00. The van der Waals surface area contributed by atoms with Gasteiger partial charge in [0.2, 0.25) is 0 Å². The first-order chi connectivity index (χ1) is 7.36. The van der Waals surface area contributed by atoms with Gasteiger partial charge in [0.15, 0.2) is 0 Å². The molecule has 1 rings (SSSR count). The van der Waals surface area contributed by atoms with Crippen molar-refractivity contribution in [2.24, 2.45) is 0 Å². The summed E-state index contributed by atoms with van der Waals surface area (Å²) in [5, 5.41) is 12.5. The van der Waals surface area contributed by atoms with Crippen LogP contribution < -0.4 is 5.32 Å². The third kappa shape index (κ3) is 6.88. The Morgan fingerprint density at radius 2 is 2.13 bits per heavy atom. The van der Waals surface area contributed by atoms with Gasteiger partial charge in [0.05, 0.1) is 6.61 Å². The lowest BCUT2D eigenvalue weighted by Gasteiger charge is -2.15. The lowest BCUT2D eigenvalue weighted by Crippen LogP contribution is -2.35. The maximum Gasteiger partial charge on any atom is 0.0585 e. The summed E-state index contributed by atoms with van der Waals surface area (Å²) in [7, 11) is 0. The summed E-state index contributed by atoms with van der Waals surface area (Å²) < 4.78 is 5.52. The van der Waals surface area contributed by atoms with Gasteiger partial charge in [-0.15, -0.1) is 0 Å². The zero-order chi connectivity index (χ0) is 10.9. The van der Waals surface area contributed by atoms with Crippen LogP contribution in [0.25, 0.3) is 0 Å². The van der Waals surface area contributed by atoms with Gasteiger partial charge in [-0.2, -0.15) is 0 Å². The second kappa shape index (κ2) is 8.08. The number of aliphatic hydroxyl groups excluding tert-OH is 1. The minimum absolute atomic E-state index is 0.231. The van der Waals surface area contributed by atoms with Gasteiger partial charge in [0.25, 0.3) is 0 Å². The molecule has 1 atom stereocenters. The molecular weight excluding hydrogens is 190 g/mol. The zero-order valence-electron chi connectivity index (χ0n) is 9.87. The Balaban J connectivity index is 1.87. The zero-order valence-corrected chi connectivity index (χ0v) is 9.87. The Bertz CT molecular complexity index is 149. The minimum Gasteiger partial charge on any atom is -0.395 e. The number of aliphatic hydroxyl groups is 1. The fourth-order valence-corrected chi connectivity index (χ4v) is 1.59. The standard InChI is InChI=1S/C12H25NO2/c1-2-3-4-8-15-9-7-12(10-14)13-11-5-6-11/h11-14H,2-10H2,1H3. The predicted molar refractivity (Wildman–Crippen MR) is 62.0 cm³/mol. The molecule has 90 valence electrons. The van der Waals surface area contributed by atoms with Crippen molar-refractivity contribution in [1.29, 1.82) is 0 Å². The van der Waals surface area contributed by atoms with Crippen molar-refractivity contribution in [3.8, 4) is 0 Å². The Kier molecular flexibility index (Phi) is 6.98. The van der Waals surface area contributed by atoms with Crippen LogP contribution in [0.4, 0.5) is 0 Å². The Hall–Kier alpha value is -0.120. The van der Waals surface area contributed by atoms with Crippen molar-refractivity contribution in [3.05, 3.63) is 0 Å². The SMILES string of the molecule is CCCCCOCCC(CO)NC1CC1. The van der Waals surface area contributed by atoms with Crippen LogP contribution in [-0.4, -0.2) is 37.0 Å². The average Bonchev–Trinajstić information content (AvgIpc) is 3.05. The number of rotatable bonds is 10. The number of hydrogen-bond acceptors (Lipinski definition) is 3. The predicted octanol–water partition coefficient (Wildman–Crippen LogP) is 1.70. The molecule has 3 nitrogen and oxygen atoms in total. The van der Waals surface area contributed by atoms with Crippen LogP contribution >= 0.6 is 0 Å². The number of unbranched alkanes of at least 4 members (excludes halogenated alkanes) is 2. The van der Waals surface area contributed by atoms with Gasteiger partial charge in [-0.25, -0.2) is 0 Å². The van der Waals surface area contributed by atoms with Crippen molar-refractivity contribution < 1.29 is 9.84 Å². The molecule has 0 aromatic rings. The van der Waals surface area contributed by atoms with Crippen LogP contribution in [-0.2, 0) is 4.74 Å². The normalized spacial score (nSPS) is 18.0. The topological polar surface area (TPSA) is 41.5 Å². The van der Waals surface area contributed by atoms with Gasteiger partial charge in [-0.1, -0.05) is 19.8 Å². The molecule has 0 amide bonds. The van der Waals surface area contributed by atoms with Crippen molar-refractivity contribution >= 4 is 0 Å². The monoisotopic (exact) mass is 215 g/mol. The quantitative estimate of drug-likeness (QED) is 0.545. The molecule has 15 heavy (non-hydrogen) atoms. The van der Waals surface area contributed by atoms with Gasteiger partial charge in [0.1, 0.15) is 0 Å². The first kappa shape index (κ1) is 12.9. The summed E-state index contributed by atoms with van der Waals surface area (Å²) in [6, 6.07) is 0.908. The molecule has 0 spiro atoms. The molecular formula is C12H25NO2. The van der Waals surface area contributed by atoms with E-state index in [0.717, 1.165) is 26.1 Å². The third-order valence-corrected chi connectivity index (χ3v) is 2.77. The van der Waals surface area contributed by atoms with E-state index in [1.165, 1.54) is 25.7 Å². The minimum atomic E-state index is 0.231.